The minimum absolute atomic E-state index is 0.0626. The number of fused-ring (bicyclic) bond motifs is 1. The average molecular weight is 182 g/mol. The van der Waals surface area contributed by atoms with Crippen molar-refractivity contribution in [1.82, 2.24) is 10.2 Å². The van der Waals surface area contributed by atoms with E-state index in [0.29, 0.717) is 5.91 Å². The van der Waals surface area contributed by atoms with Crippen molar-refractivity contribution in [2.75, 3.05) is 13.1 Å². The Bertz CT molecular complexity index is 217. The molecule has 0 bridgehead atoms. The minimum Gasteiger partial charge on any atom is -0.323 e. The van der Waals surface area contributed by atoms with E-state index in [1.165, 1.54) is 12.8 Å². The lowest BCUT2D eigenvalue weighted by atomic mass is 10.0. The van der Waals surface area contributed by atoms with Crippen molar-refractivity contribution in [3.63, 3.8) is 0 Å². The molecule has 0 aromatic heterocycles. The van der Waals surface area contributed by atoms with Gasteiger partial charge in [0.2, 0.25) is 5.91 Å². The van der Waals surface area contributed by atoms with E-state index in [-0.39, 0.29) is 5.66 Å². The van der Waals surface area contributed by atoms with Gasteiger partial charge in [-0.05, 0) is 12.8 Å². The quantitative estimate of drug-likeness (QED) is 0.709. The fourth-order valence-electron chi connectivity index (χ4n) is 2.56. The van der Waals surface area contributed by atoms with Crippen LogP contribution in [0.4, 0.5) is 0 Å². The van der Waals surface area contributed by atoms with Crippen LogP contribution >= 0.6 is 0 Å². The molecule has 3 heteroatoms. The molecule has 2 rings (SSSR count). The SMILES string of the molecule is CCCCC12CCC(=O)N1CCN2. The van der Waals surface area contributed by atoms with E-state index in [1.54, 1.807) is 0 Å². The van der Waals surface area contributed by atoms with Gasteiger partial charge in [0.15, 0.2) is 0 Å². The van der Waals surface area contributed by atoms with E-state index in [2.05, 4.69) is 17.1 Å². The summed E-state index contributed by atoms with van der Waals surface area (Å²) in [6, 6.07) is 0. The summed E-state index contributed by atoms with van der Waals surface area (Å²) in [5.74, 6) is 0.348. The molecule has 2 aliphatic rings. The molecule has 0 aromatic rings. The van der Waals surface area contributed by atoms with Crippen molar-refractivity contribution >= 4 is 5.91 Å². The maximum atomic E-state index is 11.5. The summed E-state index contributed by atoms with van der Waals surface area (Å²) >= 11 is 0. The Morgan fingerprint density at radius 1 is 1.62 bits per heavy atom. The topological polar surface area (TPSA) is 32.3 Å². The van der Waals surface area contributed by atoms with E-state index in [1.807, 2.05) is 0 Å². The number of nitrogens with zero attached hydrogens (tertiary/aromatic N) is 1. The lowest BCUT2D eigenvalue weighted by Crippen LogP contribution is -2.48. The number of rotatable bonds is 3. The first kappa shape index (κ1) is 9.00. The highest BCUT2D eigenvalue weighted by Gasteiger charge is 2.47. The second-order valence-corrected chi connectivity index (χ2v) is 4.11. The summed E-state index contributed by atoms with van der Waals surface area (Å²) in [6.07, 6.45) is 5.33. The van der Waals surface area contributed by atoms with Crippen molar-refractivity contribution in [3.05, 3.63) is 0 Å². The molecule has 13 heavy (non-hydrogen) atoms. The number of hydrogen-bond acceptors (Lipinski definition) is 2. The molecule has 0 radical (unpaired) electrons. The molecule has 2 fully saturated rings. The number of unbranched alkanes of at least 4 members (excludes halogenated alkanes) is 1. The lowest BCUT2D eigenvalue weighted by Gasteiger charge is -2.31. The number of hydrogen-bond donors (Lipinski definition) is 1. The van der Waals surface area contributed by atoms with Crippen molar-refractivity contribution in [2.45, 2.75) is 44.7 Å². The van der Waals surface area contributed by atoms with Crippen molar-refractivity contribution in [3.8, 4) is 0 Å². The standard InChI is InChI=1S/C10H18N2O/c1-2-3-5-10-6-4-9(13)12(10)8-7-11-10/h11H,2-8H2,1H3. The van der Waals surface area contributed by atoms with Gasteiger partial charge in [0, 0.05) is 19.5 Å². The highest BCUT2D eigenvalue weighted by molar-refractivity contribution is 5.80. The van der Waals surface area contributed by atoms with Gasteiger partial charge in [-0.25, -0.2) is 0 Å². The van der Waals surface area contributed by atoms with E-state index < -0.39 is 0 Å². The maximum Gasteiger partial charge on any atom is 0.224 e. The summed E-state index contributed by atoms with van der Waals surface area (Å²) < 4.78 is 0. The molecule has 2 saturated heterocycles. The first-order chi connectivity index (χ1) is 6.28. The van der Waals surface area contributed by atoms with Gasteiger partial charge in [-0.2, -0.15) is 0 Å². The second-order valence-electron chi connectivity index (χ2n) is 4.11. The number of carbonyl (C=O) groups is 1. The zero-order valence-electron chi connectivity index (χ0n) is 8.31. The molecule has 2 heterocycles. The van der Waals surface area contributed by atoms with Gasteiger partial charge in [-0.1, -0.05) is 19.8 Å². The highest BCUT2D eigenvalue weighted by atomic mass is 16.2. The second kappa shape index (κ2) is 3.29. The van der Waals surface area contributed by atoms with Gasteiger partial charge in [0.25, 0.3) is 0 Å². The third-order valence-corrected chi connectivity index (χ3v) is 3.30. The Morgan fingerprint density at radius 3 is 3.23 bits per heavy atom. The molecule has 2 aliphatic heterocycles. The van der Waals surface area contributed by atoms with E-state index in [9.17, 15) is 4.79 Å². The zero-order chi connectivity index (χ0) is 9.31. The average Bonchev–Trinajstić information content (AvgIpc) is 2.65. The molecule has 1 amide bonds. The summed E-state index contributed by atoms with van der Waals surface area (Å²) in [7, 11) is 0. The predicted octanol–water partition coefficient (Wildman–Crippen LogP) is 1.10. The molecule has 0 aliphatic carbocycles. The zero-order valence-corrected chi connectivity index (χ0v) is 8.31. The Morgan fingerprint density at radius 2 is 2.46 bits per heavy atom. The third-order valence-electron chi connectivity index (χ3n) is 3.30. The van der Waals surface area contributed by atoms with Crippen LogP contribution in [0.3, 0.4) is 0 Å². The molecule has 1 atom stereocenters. The summed E-state index contributed by atoms with van der Waals surface area (Å²) in [5.41, 5.74) is 0.0626. The van der Waals surface area contributed by atoms with Gasteiger partial charge in [-0.15, -0.1) is 0 Å². The smallest absolute Gasteiger partial charge is 0.224 e. The van der Waals surface area contributed by atoms with Crippen LogP contribution in [0, 0.1) is 0 Å². The molecule has 1 unspecified atom stereocenters. The van der Waals surface area contributed by atoms with Crippen LogP contribution in [0.5, 0.6) is 0 Å². The number of nitrogens with one attached hydrogen (secondary N) is 1. The Hall–Kier alpha value is -0.570. The number of amides is 1. The van der Waals surface area contributed by atoms with Gasteiger partial charge in [0.05, 0.1) is 5.66 Å². The Labute approximate surface area is 79.5 Å². The maximum absolute atomic E-state index is 11.5. The molecule has 0 saturated carbocycles. The lowest BCUT2D eigenvalue weighted by molar-refractivity contribution is -0.130. The first-order valence-corrected chi connectivity index (χ1v) is 5.34. The fourth-order valence-corrected chi connectivity index (χ4v) is 2.56. The van der Waals surface area contributed by atoms with Crippen LogP contribution < -0.4 is 5.32 Å². The van der Waals surface area contributed by atoms with Crippen LogP contribution in [0.1, 0.15) is 39.0 Å². The normalized spacial score (nSPS) is 32.7. The van der Waals surface area contributed by atoms with Crippen LogP contribution in [0.2, 0.25) is 0 Å². The fraction of sp³-hybridized carbons (Fsp3) is 0.900. The van der Waals surface area contributed by atoms with Gasteiger partial charge in [-0.3, -0.25) is 10.1 Å². The van der Waals surface area contributed by atoms with Crippen LogP contribution in [0.25, 0.3) is 0 Å². The Balaban J connectivity index is 2.06. The summed E-state index contributed by atoms with van der Waals surface area (Å²) in [6.45, 7) is 4.10. The van der Waals surface area contributed by atoms with Gasteiger partial charge >= 0.3 is 0 Å². The molecule has 0 aromatic carbocycles. The number of carbonyl (C=O) groups excluding carboxylic acids is 1. The molecular formula is C10H18N2O. The minimum atomic E-state index is 0.0626. The highest BCUT2D eigenvalue weighted by Crippen LogP contribution is 2.34. The van der Waals surface area contributed by atoms with E-state index in [4.69, 9.17) is 0 Å². The third kappa shape index (κ3) is 1.35. The van der Waals surface area contributed by atoms with E-state index >= 15 is 0 Å². The molecular weight excluding hydrogens is 164 g/mol. The van der Waals surface area contributed by atoms with Crippen molar-refractivity contribution < 1.29 is 4.79 Å². The molecule has 1 N–H and O–H groups in total. The van der Waals surface area contributed by atoms with Gasteiger partial charge < -0.3 is 4.90 Å². The van der Waals surface area contributed by atoms with Crippen molar-refractivity contribution in [2.24, 2.45) is 0 Å². The Kier molecular flexibility index (Phi) is 2.28. The molecule has 3 nitrogen and oxygen atoms in total. The molecule has 0 spiro atoms. The van der Waals surface area contributed by atoms with Crippen molar-refractivity contribution in [1.29, 1.82) is 0 Å². The monoisotopic (exact) mass is 182 g/mol. The summed E-state index contributed by atoms with van der Waals surface area (Å²) in [4.78, 5) is 13.6. The summed E-state index contributed by atoms with van der Waals surface area (Å²) in [5, 5.41) is 3.50. The van der Waals surface area contributed by atoms with E-state index in [0.717, 1.165) is 32.4 Å². The first-order valence-electron chi connectivity index (χ1n) is 5.34. The largest absolute Gasteiger partial charge is 0.323 e. The van der Waals surface area contributed by atoms with Gasteiger partial charge in [0.1, 0.15) is 0 Å². The van der Waals surface area contributed by atoms with Crippen LogP contribution in [-0.4, -0.2) is 29.6 Å². The van der Waals surface area contributed by atoms with Crippen LogP contribution in [-0.2, 0) is 4.79 Å². The predicted molar refractivity (Wildman–Crippen MR) is 51.2 cm³/mol. The van der Waals surface area contributed by atoms with Crippen LogP contribution in [0.15, 0.2) is 0 Å². The molecule has 74 valence electrons.